The largest absolute Gasteiger partial charge is 0.508 e. The maximum atomic E-state index is 13.7. The molecule has 2 amide bonds. The summed E-state index contributed by atoms with van der Waals surface area (Å²) < 4.78 is 11.2. The number of hydrogen-bond donors (Lipinski definition) is 2. The number of nitro benzene ring substituents is 1. The molecule has 35 heavy (non-hydrogen) atoms. The van der Waals surface area contributed by atoms with Gasteiger partial charge in [-0.15, -0.1) is 0 Å². The van der Waals surface area contributed by atoms with Crippen molar-refractivity contribution in [3.8, 4) is 5.75 Å². The molecule has 180 valence electrons. The highest BCUT2D eigenvalue weighted by molar-refractivity contribution is 6.53. The zero-order chi connectivity index (χ0) is 24.9. The van der Waals surface area contributed by atoms with E-state index in [0.717, 1.165) is 4.90 Å². The molecule has 0 bridgehead atoms. The molecule has 2 aromatic rings. The van der Waals surface area contributed by atoms with Crippen LogP contribution >= 0.6 is 0 Å². The van der Waals surface area contributed by atoms with Gasteiger partial charge in [-0.25, -0.2) is 4.90 Å². The highest BCUT2D eigenvalue weighted by Crippen LogP contribution is 2.52. The lowest BCUT2D eigenvalue weighted by atomic mass is 9.55. The maximum absolute atomic E-state index is 13.7. The number of anilines is 1. The van der Waals surface area contributed by atoms with Gasteiger partial charge in [-0.3, -0.25) is 19.7 Å². The van der Waals surface area contributed by atoms with E-state index in [1.807, 2.05) is 0 Å². The number of phenols is 1. The molecule has 0 spiro atoms. The van der Waals surface area contributed by atoms with Crippen molar-refractivity contribution in [1.82, 2.24) is 0 Å². The van der Waals surface area contributed by atoms with E-state index in [0.29, 0.717) is 16.6 Å². The van der Waals surface area contributed by atoms with Crippen molar-refractivity contribution in [3.05, 3.63) is 75.3 Å². The molecule has 2 fully saturated rings. The van der Waals surface area contributed by atoms with E-state index in [2.05, 4.69) is 0 Å². The van der Waals surface area contributed by atoms with Gasteiger partial charge in [0.25, 0.3) is 5.69 Å². The first-order valence-corrected chi connectivity index (χ1v) is 11.3. The minimum Gasteiger partial charge on any atom is -0.508 e. The Bertz CT molecular complexity index is 1250. The van der Waals surface area contributed by atoms with Gasteiger partial charge in [-0.2, -0.15) is 0 Å². The average molecular weight is 478 g/mol. The van der Waals surface area contributed by atoms with Crippen LogP contribution in [0.3, 0.4) is 0 Å². The summed E-state index contributed by atoms with van der Waals surface area (Å²) in [5, 5.41) is 32.6. The third-order valence-corrected chi connectivity index (χ3v) is 7.11. The van der Waals surface area contributed by atoms with Gasteiger partial charge in [0.2, 0.25) is 11.8 Å². The van der Waals surface area contributed by atoms with E-state index in [1.54, 1.807) is 18.2 Å². The topological polar surface area (TPSA) is 139 Å². The number of nitrogens with zero attached hydrogens (tertiary/aromatic N) is 2. The zero-order valence-corrected chi connectivity index (χ0v) is 18.9. The predicted octanol–water partition coefficient (Wildman–Crippen LogP) is 2.55. The second kappa shape index (κ2) is 8.92. The molecule has 10 nitrogen and oxygen atoms in total. The molecule has 1 aliphatic carbocycles. The van der Waals surface area contributed by atoms with Crippen molar-refractivity contribution < 1.29 is 34.0 Å². The number of phenolic OH excluding ortho intramolecular Hbond substituents is 1. The number of benzene rings is 2. The number of fused-ring (bicyclic) bond motifs is 3. The second-order valence-electron chi connectivity index (χ2n) is 9.00. The van der Waals surface area contributed by atoms with Crippen LogP contribution in [0.15, 0.2) is 59.6 Å². The van der Waals surface area contributed by atoms with E-state index in [-0.39, 0.29) is 36.6 Å². The summed E-state index contributed by atoms with van der Waals surface area (Å²) in [5.41, 5.74) is 1.63. The Kier molecular flexibility index (Phi) is 5.91. The average Bonchev–Trinajstić information content (AvgIpc) is 3.09. The molecular weight excluding hydrogens is 455 g/mol. The van der Waals surface area contributed by atoms with E-state index in [4.69, 9.17) is 9.39 Å². The number of hydrogen-bond acceptors (Lipinski definition) is 8. The number of allylic oxidation sites excluding steroid dienone is 1. The van der Waals surface area contributed by atoms with E-state index < -0.39 is 47.7 Å². The Balaban J connectivity index is 1.56. The van der Waals surface area contributed by atoms with Crippen LogP contribution in [0.1, 0.15) is 24.5 Å². The molecule has 0 aromatic heterocycles. The van der Waals surface area contributed by atoms with Gasteiger partial charge >= 0.3 is 7.12 Å². The van der Waals surface area contributed by atoms with Crippen LogP contribution in [-0.2, 0) is 19.0 Å². The van der Waals surface area contributed by atoms with Crippen molar-refractivity contribution in [2.75, 3.05) is 18.6 Å². The van der Waals surface area contributed by atoms with Crippen LogP contribution in [0.4, 0.5) is 11.4 Å². The molecule has 0 radical (unpaired) electrons. The molecule has 2 saturated heterocycles. The van der Waals surface area contributed by atoms with Crippen LogP contribution < -0.4 is 4.90 Å². The highest BCUT2D eigenvalue weighted by atomic mass is 16.6. The van der Waals surface area contributed by atoms with Gasteiger partial charge in [-0.05, 0) is 41.9 Å². The minimum absolute atomic E-state index is 0.00801. The first-order valence-electron chi connectivity index (χ1n) is 11.3. The Hall–Kier alpha value is -3.54. The van der Waals surface area contributed by atoms with Gasteiger partial charge in [-0.1, -0.05) is 24.3 Å². The van der Waals surface area contributed by atoms with E-state index >= 15 is 0 Å². The van der Waals surface area contributed by atoms with E-state index in [9.17, 15) is 29.8 Å². The number of carbonyl (C=O) groups excluding carboxylic acids is 2. The number of carbonyl (C=O) groups is 2. The third kappa shape index (κ3) is 3.81. The van der Waals surface area contributed by atoms with Crippen molar-refractivity contribution in [2.45, 2.75) is 18.9 Å². The third-order valence-electron chi connectivity index (χ3n) is 7.11. The highest BCUT2D eigenvalue weighted by Gasteiger charge is 2.58. The van der Waals surface area contributed by atoms with Crippen molar-refractivity contribution in [3.63, 3.8) is 0 Å². The maximum Gasteiger partial charge on any atom is 0.487 e. The summed E-state index contributed by atoms with van der Waals surface area (Å²) in [5.74, 6) is -2.90. The minimum atomic E-state index is -1.33. The van der Waals surface area contributed by atoms with Gasteiger partial charge in [0.15, 0.2) is 0 Å². The van der Waals surface area contributed by atoms with Gasteiger partial charge in [0, 0.05) is 24.8 Å². The Morgan fingerprint density at radius 3 is 2.66 bits per heavy atom. The van der Waals surface area contributed by atoms with Gasteiger partial charge < -0.3 is 19.5 Å². The van der Waals surface area contributed by atoms with Crippen LogP contribution in [0.5, 0.6) is 5.75 Å². The van der Waals surface area contributed by atoms with Crippen molar-refractivity contribution >= 4 is 30.3 Å². The van der Waals surface area contributed by atoms with Gasteiger partial charge in [0.1, 0.15) is 5.75 Å². The quantitative estimate of drug-likeness (QED) is 0.289. The molecule has 5 rings (SSSR count). The molecule has 0 saturated carbocycles. The summed E-state index contributed by atoms with van der Waals surface area (Å²) in [6.45, 7) is 0.162. The number of imide groups is 1. The monoisotopic (exact) mass is 478 g/mol. The zero-order valence-electron chi connectivity index (χ0n) is 18.9. The molecule has 4 atom stereocenters. The fourth-order valence-corrected chi connectivity index (χ4v) is 5.68. The van der Waals surface area contributed by atoms with E-state index in [1.165, 1.54) is 37.4 Å². The van der Waals surface area contributed by atoms with Crippen molar-refractivity contribution in [2.24, 2.45) is 17.8 Å². The number of aromatic hydroxyl groups is 1. The second-order valence-corrected chi connectivity index (χ2v) is 9.00. The lowest BCUT2D eigenvalue weighted by Gasteiger charge is -2.42. The Morgan fingerprint density at radius 2 is 1.94 bits per heavy atom. The molecule has 0 unspecified atom stereocenters. The molecule has 2 heterocycles. The fourth-order valence-electron chi connectivity index (χ4n) is 5.68. The number of non-ortho nitro benzene ring substituents is 1. The lowest BCUT2D eigenvalue weighted by molar-refractivity contribution is -0.384. The number of amides is 2. The number of ether oxygens (including phenoxy) is 1. The summed E-state index contributed by atoms with van der Waals surface area (Å²) in [6.07, 6.45) is -0.223. The molecule has 2 N–H and O–H groups in total. The SMILES string of the molecule is COCC1=C2B(O)O[C@H](c3ccccc3O)C[C@H]2[C@H]2C(=O)N(c3cccc([N+](=O)[O-])c3)C(=O)[C@H]2C1. The number of rotatable bonds is 5. The molecular formula is C24H23BN2O8. The predicted molar refractivity (Wildman–Crippen MR) is 124 cm³/mol. The molecule has 2 aromatic carbocycles. The number of methoxy groups -OCH3 is 1. The smallest absolute Gasteiger partial charge is 0.487 e. The summed E-state index contributed by atoms with van der Waals surface area (Å²) >= 11 is 0. The number of para-hydroxylation sites is 1. The summed E-state index contributed by atoms with van der Waals surface area (Å²) in [4.78, 5) is 38.9. The van der Waals surface area contributed by atoms with Crippen LogP contribution in [0.2, 0.25) is 0 Å². The number of nitro groups is 1. The summed E-state index contributed by atoms with van der Waals surface area (Å²) in [6, 6.07) is 12.1. The first kappa shape index (κ1) is 23.2. The standard InChI is InChI=1S/C24H23BN2O8/c1-34-12-13-9-18-21(24(30)26(23(18)29)14-5-4-6-15(10-14)27(32)33)17-11-20(35-25(31)22(13)17)16-7-2-3-8-19(16)28/h2-8,10,17-18,20-21,28,31H,9,11-12H2,1H3/t17-,18-,20-,21+/m0/s1. The Labute approximate surface area is 201 Å². The van der Waals surface area contributed by atoms with Crippen LogP contribution in [-0.4, -0.2) is 47.7 Å². The molecule has 11 heteroatoms. The normalized spacial score (nSPS) is 26.1. The molecule has 3 aliphatic rings. The first-order chi connectivity index (χ1) is 16.8. The van der Waals surface area contributed by atoms with Gasteiger partial charge in [0.05, 0.1) is 35.2 Å². The van der Waals surface area contributed by atoms with Crippen molar-refractivity contribution in [1.29, 1.82) is 0 Å². The fraction of sp³-hybridized carbons (Fsp3) is 0.333. The Morgan fingerprint density at radius 1 is 1.17 bits per heavy atom. The molecule has 2 aliphatic heterocycles. The summed E-state index contributed by atoms with van der Waals surface area (Å²) in [7, 11) is 0.172. The lowest BCUT2D eigenvalue weighted by Crippen LogP contribution is -2.45. The van der Waals surface area contributed by atoms with Crippen LogP contribution in [0, 0.1) is 27.9 Å². The van der Waals surface area contributed by atoms with Crippen LogP contribution in [0.25, 0.3) is 0 Å².